The monoisotopic (exact) mass is 387 g/mol. The molecular formula is C20H29N5OS. The summed E-state index contributed by atoms with van der Waals surface area (Å²) < 4.78 is 0. The lowest BCUT2D eigenvalue weighted by molar-refractivity contribution is -0.125. The van der Waals surface area contributed by atoms with Crippen molar-refractivity contribution in [3.63, 3.8) is 0 Å². The van der Waals surface area contributed by atoms with E-state index in [2.05, 4.69) is 25.1 Å². The number of fused-ring (bicyclic) bond motifs is 3. The van der Waals surface area contributed by atoms with Crippen molar-refractivity contribution in [2.24, 2.45) is 5.92 Å². The molecule has 1 aliphatic heterocycles. The summed E-state index contributed by atoms with van der Waals surface area (Å²) in [7, 11) is 4.05. The Balaban J connectivity index is 1.44. The largest absolute Gasteiger partial charge is 0.356 e. The van der Waals surface area contributed by atoms with Crippen molar-refractivity contribution in [3.05, 3.63) is 16.8 Å². The van der Waals surface area contributed by atoms with Crippen LogP contribution < -0.4 is 10.2 Å². The normalized spacial score (nSPS) is 18.1. The van der Waals surface area contributed by atoms with Crippen LogP contribution in [0.2, 0.25) is 0 Å². The van der Waals surface area contributed by atoms with Crippen LogP contribution in [-0.4, -0.2) is 61.0 Å². The number of likely N-dealkylation sites (N-methyl/N-ethyl adjacent to an activating group) is 1. The summed E-state index contributed by atoms with van der Waals surface area (Å²) in [5, 5.41) is 4.37. The lowest BCUT2D eigenvalue weighted by Crippen LogP contribution is -2.42. The first-order chi connectivity index (χ1) is 13.1. The minimum atomic E-state index is 0.122. The molecule has 1 saturated heterocycles. The molecule has 1 fully saturated rings. The second-order valence-corrected chi connectivity index (χ2v) is 9.03. The van der Waals surface area contributed by atoms with E-state index in [1.165, 1.54) is 35.1 Å². The van der Waals surface area contributed by atoms with E-state index in [1.54, 1.807) is 6.33 Å². The highest BCUT2D eigenvalue weighted by molar-refractivity contribution is 7.19. The quantitative estimate of drug-likeness (QED) is 0.854. The van der Waals surface area contributed by atoms with E-state index in [9.17, 15) is 4.79 Å². The number of anilines is 1. The summed E-state index contributed by atoms with van der Waals surface area (Å²) in [6, 6.07) is 0. The maximum absolute atomic E-state index is 12.4. The van der Waals surface area contributed by atoms with Crippen LogP contribution >= 0.6 is 11.3 Å². The number of hydrogen-bond acceptors (Lipinski definition) is 6. The maximum Gasteiger partial charge on any atom is 0.223 e. The molecule has 7 heteroatoms. The Morgan fingerprint density at radius 3 is 2.81 bits per heavy atom. The SMILES string of the molecule is CN(C)CCNC(=O)C1CCN(c2ncnc3sc4c(c23)CCCC4)CC1. The van der Waals surface area contributed by atoms with E-state index >= 15 is 0 Å². The molecule has 27 heavy (non-hydrogen) atoms. The maximum atomic E-state index is 12.4. The van der Waals surface area contributed by atoms with Crippen molar-refractivity contribution >= 4 is 33.3 Å². The van der Waals surface area contributed by atoms with Crippen LogP contribution in [0.4, 0.5) is 5.82 Å². The van der Waals surface area contributed by atoms with E-state index in [4.69, 9.17) is 0 Å². The van der Waals surface area contributed by atoms with Crippen LogP contribution in [0.3, 0.4) is 0 Å². The van der Waals surface area contributed by atoms with Crippen molar-refractivity contribution in [1.82, 2.24) is 20.2 Å². The summed E-state index contributed by atoms with van der Waals surface area (Å²) in [5.74, 6) is 1.42. The molecule has 1 aliphatic carbocycles. The Labute approximate surface area is 165 Å². The van der Waals surface area contributed by atoms with E-state index in [1.807, 2.05) is 25.4 Å². The van der Waals surface area contributed by atoms with Crippen LogP contribution in [0.1, 0.15) is 36.1 Å². The molecule has 146 valence electrons. The zero-order valence-electron chi connectivity index (χ0n) is 16.3. The fourth-order valence-corrected chi connectivity index (χ4v) is 5.44. The number of aromatic nitrogens is 2. The number of nitrogens with zero attached hydrogens (tertiary/aromatic N) is 4. The predicted octanol–water partition coefficient (Wildman–Crippen LogP) is 2.46. The van der Waals surface area contributed by atoms with Crippen LogP contribution in [0.15, 0.2) is 6.33 Å². The molecule has 0 saturated carbocycles. The van der Waals surface area contributed by atoms with Crippen molar-refractivity contribution in [2.75, 3.05) is 45.2 Å². The van der Waals surface area contributed by atoms with Gasteiger partial charge in [-0.3, -0.25) is 4.79 Å². The fourth-order valence-electron chi connectivity index (χ4n) is 4.21. The predicted molar refractivity (Wildman–Crippen MR) is 111 cm³/mol. The molecular weight excluding hydrogens is 358 g/mol. The second kappa shape index (κ2) is 8.10. The third-order valence-electron chi connectivity index (χ3n) is 5.75. The van der Waals surface area contributed by atoms with Gasteiger partial charge in [-0.25, -0.2) is 9.97 Å². The third kappa shape index (κ3) is 3.94. The van der Waals surface area contributed by atoms with Gasteiger partial charge in [0.05, 0.1) is 5.39 Å². The van der Waals surface area contributed by atoms with Crippen LogP contribution in [0.25, 0.3) is 10.2 Å². The van der Waals surface area contributed by atoms with Crippen molar-refractivity contribution < 1.29 is 4.79 Å². The highest BCUT2D eigenvalue weighted by atomic mass is 32.1. The van der Waals surface area contributed by atoms with E-state index in [0.717, 1.165) is 56.1 Å². The molecule has 2 aliphatic rings. The Bertz CT molecular complexity index is 810. The molecule has 2 aromatic heterocycles. The van der Waals surface area contributed by atoms with Crippen molar-refractivity contribution in [1.29, 1.82) is 0 Å². The van der Waals surface area contributed by atoms with Gasteiger partial charge in [0.15, 0.2) is 0 Å². The number of piperidine rings is 1. The fraction of sp³-hybridized carbons (Fsp3) is 0.650. The molecule has 0 unspecified atom stereocenters. The minimum Gasteiger partial charge on any atom is -0.356 e. The Hall–Kier alpha value is -1.73. The molecule has 4 rings (SSSR count). The standard InChI is InChI=1S/C20H29N5OS/c1-24(2)12-9-21-19(26)14-7-10-25(11-8-14)18-17-15-5-3-4-6-16(15)27-20(17)23-13-22-18/h13-14H,3-12H2,1-2H3,(H,21,26). The molecule has 0 radical (unpaired) electrons. The van der Waals surface area contributed by atoms with Gasteiger partial charge < -0.3 is 15.1 Å². The van der Waals surface area contributed by atoms with Gasteiger partial charge in [0.25, 0.3) is 0 Å². The molecule has 6 nitrogen and oxygen atoms in total. The zero-order valence-corrected chi connectivity index (χ0v) is 17.1. The third-order valence-corrected chi connectivity index (χ3v) is 6.95. The highest BCUT2D eigenvalue weighted by Gasteiger charge is 2.28. The van der Waals surface area contributed by atoms with Gasteiger partial charge in [-0.2, -0.15) is 0 Å². The van der Waals surface area contributed by atoms with Gasteiger partial charge in [0, 0.05) is 37.0 Å². The molecule has 0 bridgehead atoms. The summed E-state index contributed by atoms with van der Waals surface area (Å²) in [4.78, 5) is 28.7. The van der Waals surface area contributed by atoms with E-state index in [-0.39, 0.29) is 11.8 Å². The second-order valence-electron chi connectivity index (χ2n) is 7.94. The number of thiophene rings is 1. The first-order valence-electron chi connectivity index (χ1n) is 10.1. The lowest BCUT2D eigenvalue weighted by atomic mass is 9.94. The van der Waals surface area contributed by atoms with Gasteiger partial charge in [0.2, 0.25) is 5.91 Å². The van der Waals surface area contributed by atoms with E-state index < -0.39 is 0 Å². The Morgan fingerprint density at radius 1 is 1.26 bits per heavy atom. The average molecular weight is 388 g/mol. The van der Waals surface area contributed by atoms with Crippen LogP contribution in [-0.2, 0) is 17.6 Å². The smallest absolute Gasteiger partial charge is 0.223 e. The van der Waals surface area contributed by atoms with Crippen LogP contribution in [0.5, 0.6) is 0 Å². The summed E-state index contributed by atoms with van der Waals surface area (Å²) in [5.41, 5.74) is 1.49. The number of carbonyl (C=O) groups is 1. The lowest BCUT2D eigenvalue weighted by Gasteiger charge is -2.32. The topological polar surface area (TPSA) is 61.4 Å². The number of hydrogen-bond donors (Lipinski definition) is 1. The first kappa shape index (κ1) is 18.6. The number of rotatable bonds is 5. The van der Waals surface area contributed by atoms with Crippen LogP contribution in [0, 0.1) is 5.92 Å². The van der Waals surface area contributed by atoms with Crippen molar-refractivity contribution in [2.45, 2.75) is 38.5 Å². The summed E-state index contributed by atoms with van der Waals surface area (Å²) in [6.07, 6.45) is 8.39. The first-order valence-corrected chi connectivity index (χ1v) is 10.9. The number of nitrogens with one attached hydrogen (secondary N) is 1. The Kier molecular flexibility index (Phi) is 5.59. The van der Waals surface area contributed by atoms with Gasteiger partial charge in [0.1, 0.15) is 17.0 Å². The average Bonchev–Trinajstić information content (AvgIpc) is 3.06. The minimum absolute atomic E-state index is 0.122. The van der Waals surface area contributed by atoms with Gasteiger partial charge in [-0.05, 0) is 58.2 Å². The summed E-state index contributed by atoms with van der Waals surface area (Å²) >= 11 is 1.85. The van der Waals surface area contributed by atoms with Gasteiger partial charge >= 0.3 is 0 Å². The zero-order chi connectivity index (χ0) is 18.8. The molecule has 0 spiro atoms. The van der Waals surface area contributed by atoms with Gasteiger partial charge in [-0.1, -0.05) is 0 Å². The molecule has 1 N–H and O–H groups in total. The van der Waals surface area contributed by atoms with Gasteiger partial charge in [-0.15, -0.1) is 11.3 Å². The number of amides is 1. The van der Waals surface area contributed by atoms with Crippen molar-refractivity contribution in [3.8, 4) is 0 Å². The number of carbonyl (C=O) groups excluding carboxylic acids is 1. The number of aryl methyl sites for hydroxylation is 2. The Morgan fingerprint density at radius 2 is 2.04 bits per heavy atom. The molecule has 2 aromatic rings. The molecule has 1 amide bonds. The summed E-state index contributed by atoms with van der Waals surface area (Å²) in [6.45, 7) is 3.39. The van der Waals surface area contributed by atoms with E-state index in [0.29, 0.717) is 0 Å². The molecule has 0 aromatic carbocycles. The molecule has 3 heterocycles. The molecule has 0 atom stereocenters. The highest BCUT2D eigenvalue weighted by Crippen LogP contribution is 2.39.